The minimum Gasteiger partial charge on any atom is -0.457 e. The summed E-state index contributed by atoms with van der Waals surface area (Å²) in [4.78, 5) is 12.7. The molecule has 4 N–H and O–H groups in total. The monoisotopic (exact) mass is 801 g/mol. The van der Waals surface area contributed by atoms with Gasteiger partial charge in [0.1, 0.15) is 30.5 Å². The number of aliphatic hydroxyl groups is 4. The number of hydrogen-bond donors (Lipinski definition) is 4. The molecule has 1 rings (SSSR count). The van der Waals surface area contributed by atoms with Gasteiger partial charge in [-0.15, -0.1) is 0 Å². The van der Waals surface area contributed by atoms with Crippen molar-refractivity contribution in [2.75, 3.05) is 26.4 Å². The first-order valence-electron chi connectivity index (χ1n) is 22.2. The first-order chi connectivity index (χ1) is 27.9. The topological polar surface area (TPSA) is 135 Å². The van der Waals surface area contributed by atoms with Gasteiger partial charge in [0.05, 0.1) is 19.8 Å². The Hall–Kier alpha value is -2.63. The molecule has 0 bridgehead atoms. The number of carbonyl (C=O) groups excluding carboxylic acids is 1. The summed E-state index contributed by atoms with van der Waals surface area (Å²) in [6, 6.07) is 0. The Labute approximate surface area is 346 Å². The van der Waals surface area contributed by atoms with Crippen LogP contribution in [0.4, 0.5) is 0 Å². The molecule has 6 unspecified atom stereocenters. The normalized spacial score (nSPS) is 21.3. The predicted octanol–water partition coefficient (Wildman–Crippen LogP) is 9.86. The standard InChI is InChI=1S/C48H80O9/c1-3-5-7-9-11-13-14-15-16-17-18-19-20-21-22-23-24-25-26-27-28-29-31-33-35-37-44(50)56-42(40-54-38-36-34-32-30-12-10-8-6-4-2)41-55-48-47(53)46(52)45(51)43(39-49)57-48/h5,7,11,13,15-16,18-19,21-22,24-25,27-28,42-43,45-49,51-53H,3-4,6,8-10,12,14,17,20,23,26,29-41H2,1-2H3/b7-5-,13-11-,16-15-,19-18-,22-21-,25-24-,28-27-. The summed E-state index contributed by atoms with van der Waals surface area (Å²) in [5.41, 5.74) is 0. The van der Waals surface area contributed by atoms with Crippen LogP contribution in [0.15, 0.2) is 85.1 Å². The van der Waals surface area contributed by atoms with Crippen LogP contribution in [-0.2, 0) is 23.7 Å². The maximum Gasteiger partial charge on any atom is 0.306 e. The molecule has 1 saturated heterocycles. The van der Waals surface area contributed by atoms with Gasteiger partial charge in [-0.3, -0.25) is 4.79 Å². The van der Waals surface area contributed by atoms with Crippen LogP contribution < -0.4 is 0 Å². The zero-order valence-electron chi connectivity index (χ0n) is 35.6. The second-order valence-corrected chi connectivity index (χ2v) is 14.8. The van der Waals surface area contributed by atoms with E-state index in [1.165, 1.54) is 44.9 Å². The Bertz CT molecular complexity index is 1140. The Morgan fingerprint density at radius 1 is 0.579 bits per heavy atom. The molecule has 0 aliphatic carbocycles. The second kappa shape index (κ2) is 38.9. The van der Waals surface area contributed by atoms with E-state index >= 15 is 0 Å². The lowest BCUT2D eigenvalue weighted by atomic mass is 9.99. The highest BCUT2D eigenvalue weighted by atomic mass is 16.7. The Morgan fingerprint density at radius 2 is 1.07 bits per heavy atom. The van der Waals surface area contributed by atoms with Crippen LogP contribution in [-0.4, -0.2) is 89.6 Å². The van der Waals surface area contributed by atoms with Crippen LogP contribution >= 0.6 is 0 Å². The first kappa shape index (κ1) is 52.4. The molecule has 1 heterocycles. The molecule has 0 spiro atoms. The van der Waals surface area contributed by atoms with Crippen LogP contribution in [0, 0.1) is 0 Å². The van der Waals surface area contributed by atoms with E-state index in [0.29, 0.717) is 13.0 Å². The maximum atomic E-state index is 12.7. The van der Waals surface area contributed by atoms with Gasteiger partial charge in [0.2, 0.25) is 0 Å². The maximum absolute atomic E-state index is 12.7. The Balaban J connectivity index is 2.26. The van der Waals surface area contributed by atoms with Gasteiger partial charge in [0, 0.05) is 13.0 Å². The van der Waals surface area contributed by atoms with E-state index in [1.54, 1.807) is 0 Å². The molecule has 0 aromatic carbocycles. The predicted molar refractivity (Wildman–Crippen MR) is 233 cm³/mol. The molecule has 0 amide bonds. The summed E-state index contributed by atoms with van der Waals surface area (Å²) in [5, 5.41) is 40.0. The highest BCUT2D eigenvalue weighted by molar-refractivity contribution is 5.69. The zero-order chi connectivity index (χ0) is 41.4. The molecular formula is C48H80O9. The minimum atomic E-state index is -1.55. The molecule has 0 aromatic heterocycles. The largest absolute Gasteiger partial charge is 0.457 e. The molecule has 9 heteroatoms. The number of hydrogen-bond acceptors (Lipinski definition) is 9. The van der Waals surface area contributed by atoms with Gasteiger partial charge in [-0.1, -0.05) is 157 Å². The summed E-state index contributed by atoms with van der Waals surface area (Å²) < 4.78 is 22.7. The average molecular weight is 801 g/mol. The third-order valence-corrected chi connectivity index (χ3v) is 9.58. The lowest BCUT2D eigenvalue weighted by Crippen LogP contribution is -2.59. The van der Waals surface area contributed by atoms with Crippen LogP contribution in [0.5, 0.6) is 0 Å². The number of esters is 1. The molecular weight excluding hydrogens is 721 g/mol. The van der Waals surface area contributed by atoms with E-state index in [2.05, 4.69) is 98.9 Å². The van der Waals surface area contributed by atoms with E-state index in [4.69, 9.17) is 18.9 Å². The Morgan fingerprint density at radius 3 is 1.60 bits per heavy atom. The van der Waals surface area contributed by atoms with Gasteiger partial charge in [0.15, 0.2) is 6.29 Å². The smallest absolute Gasteiger partial charge is 0.306 e. The minimum absolute atomic E-state index is 0.127. The fraction of sp³-hybridized carbons (Fsp3) is 0.688. The third kappa shape index (κ3) is 30.1. The number of rotatable bonds is 36. The third-order valence-electron chi connectivity index (χ3n) is 9.58. The van der Waals surface area contributed by atoms with Crippen LogP contribution in [0.25, 0.3) is 0 Å². The molecule has 1 fully saturated rings. The average Bonchev–Trinajstić information content (AvgIpc) is 3.21. The molecule has 6 atom stereocenters. The van der Waals surface area contributed by atoms with E-state index in [1.807, 2.05) is 0 Å². The summed E-state index contributed by atoms with van der Waals surface area (Å²) >= 11 is 0. The van der Waals surface area contributed by atoms with Gasteiger partial charge in [0.25, 0.3) is 0 Å². The number of ether oxygens (including phenoxy) is 4. The van der Waals surface area contributed by atoms with Gasteiger partial charge in [-0.2, -0.15) is 0 Å². The van der Waals surface area contributed by atoms with Crippen molar-refractivity contribution in [3.8, 4) is 0 Å². The molecule has 57 heavy (non-hydrogen) atoms. The van der Waals surface area contributed by atoms with Gasteiger partial charge in [-0.05, 0) is 70.6 Å². The van der Waals surface area contributed by atoms with Crippen LogP contribution in [0.1, 0.15) is 149 Å². The van der Waals surface area contributed by atoms with E-state index in [9.17, 15) is 25.2 Å². The van der Waals surface area contributed by atoms with Gasteiger partial charge < -0.3 is 39.4 Å². The van der Waals surface area contributed by atoms with Crippen molar-refractivity contribution in [2.24, 2.45) is 0 Å². The lowest BCUT2D eigenvalue weighted by molar-refractivity contribution is -0.305. The lowest BCUT2D eigenvalue weighted by Gasteiger charge is -2.39. The first-order valence-corrected chi connectivity index (χ1v) is 22.2. The van der Waals surface area contributed by atoms with Crippen molar-refractivity contribution >= 4 is 5.97 Å². The van der Waals surface area contributed by atoms with E-state index in [0.717, 1.165) is 77.0 Å². The molecule has 1 aliphatic heterocycles. The number of carbonyl (C=O) groups is 1. The summed E-state index contributed by atoms with van der Waals surface area (Å²) in [6.45, 7) is 4.36. The molecule has 326 valence electrons. The van der Waals surface area contributed by atoms with Crippen molar-refractivity contribution in [1.29, 1.82) is 0 Å². The van der Waals surface area contributed by atoms with Gasteiger partial charge >= 0.3 is 5.97 Å². The highest BCUT2D eigenvalue weighted by Crippen LogP contribution is 2.22. The van der Waals surface area contributed by atoms with Crippen LogP contribution in [0.2, 0.25) is 0 Å². The van der Waals surface area contributed by atoms with Crippen molar-refractivity contribution in [3.05, 3.63) is 85.1 Å². The van der Waals surface area contributed by atoms with Crippen molar-refractivity contribution in [3.63, 3.8) is 0 Å². The van der Waals surface area contributed by atoms with Crippen LogP contribution in [0.3, 0.4) is 0 Å². The van der Waals surface area contributed by atoms with E-state index in [-0.39, 0.29) is 25.6 Å². The quantitative estimate of drug-likeness (QED) is 0.0278. The summed E-state index contributed by atoms with van der Waals surface area (Å²) in [5.74, 6) is -0.350. The second-order valence-electron chi connectivity index (χ2n) is 14.8. The highest BCUT2D eigenvalue weighted by Gasteiger charge is 2.44. The number of allylic oxidation sites excluding steroid dienone is 14. The molecule has 9 nitrogen and oxygen atoms in total. The Kier molecular flexibility index (Phi) is 35.7. The van der Waals surface area contributed by atoms with Crippen molar-refractivity contribution in [1.82, 2.24) is 0 Å². The SMILES string of the molecule is CC/C=C\C/C=C\C/C=C\C/C=C\C/C=C\C/C=C\C/C=C\CCCCCC(=O)OC(COCCCCCCCCCCC)COC1OC(CO)C(O)C(O)C1O. The van der Waals surface area contributed by atoms with E-state index < -0.39 is 43.4 Å². The molecule has 1 aliphatic rings. The fourth-order valence-corrected chi connectivity index (χ4v) is 6.12. The molecule has 0 radical (unpaired) electrons. The summed E-state index contributed by atoms with van der Waals surface area (Å²) in [7, 11) is 0. The molecule has 0 aromatic rings. The summed E-state index contributed by atoms with van der Waals surface area (Å²) in [6.07, 6.45) is 44.7. The van der Waals surface area contributed by atoms with Crippen molar-refractivity contribution in [2.45, 2.75) is 185 Å². The van der Waals surface area contributed by atoms with Gasteiger partial charge in [-0.25, -0.2) is 0 Å². The molecule has 0 saturated carbocycles. The van der Waals surface area contributed by atoms with Crippen molar-refractivity contribution < 1.29 is 44.2 Å². The fourth-order valence-electron chi connectivity index (χ4n) is 6.12. The zero-order valence-corrected chi connectivity index (χ0v) is 35.6. The number of unbranched alkanes of at least 4 members (excludes halogenated alkanes) is 11. The number of aliphatic hydroxyl groups excluding tert-OH is 4.